The van der Waals surface area contributed by atoms with Crippen LogP contribution in [-0.2, 0) is 0 Å². The molecule has 92 valence electrons. The van der Waals surface area contributed by atoms with E-state index in [9.17, 15) is 9.59 Å². The van der Waals surface area contributed by atoms with Crippen molar-refractivity contribution in [1.29, 1.82) is 0 Å². The Balaban J connectivity index is 2.13. The van der Waals surface area contributed by atoms with E-state index < -0.39 is 0 Å². The third-order valence-corrected chi connectivity index (χ3v) is 3.32. The number of hydrogen-bond acceptors (Lipinski definition) is 2. The molecule has 0 fully saturated rings. The smallest absolute Gasteiger partial charge is 0.194 e. The number of Topliss-reactive ketones (excluding diaryl/α,β-unsaturated/α-hetero) is 1. The average Bonchev–Trinajstić information content (AvgIpc) is 2.44. The second kappa shape index (κ2) is 4.32. The first-order valence-electron chi connectivity index (χ1n) is 6.13. The number of rotatable bonds is 1. The summed E-state index contributed by atoms with van der Waals surface area (Å²) < 4.78 is 0. The van der Waals surface area contributed by atoms with Gasteiger partial charge in [0.05, 0.1) is 0 Å². The van der Waals surface area contributed by atoms with E-state index in [1.807, 2.05) is 31.2 Å². The molecule has 19 heavy (non-hydrogen) atoms. The van der Waals surface area contributed by atoms with E-state index in [1.165, 1.54) is 6.08 Å². The fourth-order valence-corrected chi connectivity index (χ4v) is 2.26. The van der Waals surface area contributed by atoms with Gasteiger partial charge in [0, 0.05) is 16.7 Å². The molecule has 0 spiro atoms. The number of aryl methyl sites for hydroxylation is 1. The van der Waals surface area contributed by atoms with Crippen LogP contribution in [0.25, 0.3) is 5.57 Å². The first kappa shape index (κ1) is 11.6. The predicted molar refractivity (Wildman–Crippen MR) is 74.3 cm³/mol. The highest BCUT2D eigenvalue weighted by molar-refractivity contribution is 6.38. The van der Waals surface area contributed by atoms with Gasteiger partial charge in [0.1, 0.15) is 0 Å². The van der Waals surface area contributed by atoms with E-state index in [4.69, 9.17) is 0 Å². The zero-order valence-electron chi connectivity index (χ0n) is 10.5. The van der Waals surface area contributed by atoms with Crippen molar-refractivity contribution in [3.05, 3.63) is 76.9 Å². The standard InChI is InChI=1S/C17H12O2/c1-11-6-8-12(9-7-11)15-10-16(18)13-4-2-3-5-14(13)17(15)19/h2-10H,1H3. The number of benzene rings is 2. The van der Waals surface area contributed by atoms with Crippen LogP contribution in [0.2, 0.25) is 0 Å². The molecule has 2 aromatic rings. The molecule has 0 saturated heterocycles. The number of hydrogen-bond donors (Lipinski definition) is 0. The van der Waals surface area contributed by atoms with Crippen molar-refractivity contribution in [1.82, 2.24) is 0 Å². The number of ketones is 2. The molecular formula is C17H12O2. The SMILES string of the molecule is Cc1ccc(C2=CC(=O)c3ccccc3C2=O)cc1. The summed E-state index contributed by atoms with van der Waals surface area (Å²) in [5, 5.41) is 0. The lowest BCUT2D eigenvalue weighted by Gasteiger charge is -2.15. The Kier molecular flexibility index (Phi) is 2.64. The van der Waals surface area contributed by atoms with Crippen molar-refractivity contribution in [2.24, 2.45) is 0 Å². The van der Waals surface area contributed by atoms with Crippen molar-refractivity contribution in [2.45, 2.75) is 6.92 Å². The highest BCUT2D eigenvalue weighted by Gasteiger charge is 2.25. The maximum atomic E-state index is 12.4. The van der Waals surface area contributed by atoms with Crippen LogP contribution in [0.3, 0.4) is 0 Å². The monoisotopic (exact) mass is 248 g/mol. The van der Waals surface area contributed by atoms with Crippen LogP contribution in [0.15, 0.2) is 54.6 Å². The molecule has 0 aliphatic heterocycles. The number of carbonyl (C=O) groups excluding carboxylic acids is 2. The van der Waals surface area contributed by atoms with Crippen LogP contribution in [0, 0.1) is 6.92 Å². The molecule has 0 N–H and O–H groups in total. The molecule has 1 aliphatic rings. The number of fused-ring (bicyclic) bond motifs is 1. The summed E-state index contributed by atoms with van der Waals surface area (Å²) in [4.78, 5) is 24.5. The van der Waals surface area contributed by atoms with Crippen LogP contribution in [0.5, 0.6) is 0 Å². The first-order chi connectivity index (χ1) is 9.16. The van der Waals surface area contributed by atoms with Gasteiger partial charge in [0.25, 0.3) is 0 Å². The van der Waals surface area contributed by atoms with Gasteiger partial charge in [-0.25, -0.2) is 0 Å². The predicted octanol–water partition coefficient (Wildman–Crippen LogP) is 3.46. The van der Waals surface area contributed by atoms with Gasteiger partial charge < -0.3 is 0 Å². The Morgan fingerprint density at radius 3 is 2.11 bits per heavy atom. The second-order valence-corrected chi connectivity index (χ2v) is 4.66. The molecule has 3 rings (SSSR count). The molecule has 0 unspecified atom stereocenters. The molecular weight excluding hydrogens is 236 g/mol. The van der Waals surface area contributed by atoms with Gasteiger partial charge in [-0.15, -0.1) is 0 Å². The summed E-state index contributed by atoms with van der Waals surface area (Å²) >= 11 is 0. The lowest BCUT2D eigenvalue weighted by molar-refractivity contribution is 0.100. The Hall–Kier alpha value is -2.48. The molecule has 0 amide bonds. The molecule has 2 aromatic carbocycles. The quantitative estimate of drug-likeness (QED) is 0.774. The van der Waals surface area contributed by atoms with Gasteiger partial charge in [0.15, 0.2) is 11.6 Å². The number of allylic oxidation sites excluding steroid dienone is 2. The minimum absolute atomic E-state index is 0.0842. The van der Waals surface area contributed by atoms with E-state index >= 15 is 0 Å². The van der Waals surface area contributed by atoms with Crippen LogP contribution in [0.1, 0.15) is 31.8 Å². The molecule has 0 aromatic heterocycles. The summed E-state index contributed by atoms with van der Waals surface area (Å²) in [5.41, 5.74) is 3.37. The van der Waals surface area contributed by atoms with Crippen LogP contribution >= 0.6 is 0 Å². The fourth-order valence-electron chi connectivity index (χ4n) is 2.26. The van der Waals surface area contributed by atoms with Crippen molar-refractivity contribution >= 4 is 17.1 Å². The summed E-state index contributed by atoms with van der Waals surface area (Å²) in [5.74, 6) is -0.190. The highest BCUT2D eigenvalue weighted by atomic mass is 16.1. The van der Waals surface area contributed by atoms with Crippen molar-refractivity contribution in [3.8, 4) is 0 Å². The summed E-state index contributed by atoms with van der Waals surface area (Å²) in [6.07, 6.45) is 1.44. The third-order valence-electron chi connectivity index (χ3n) is 3.32. The lowest BCUT2D eigenvalue weighted by Crippen LogP contribution is -2.15. The Morgan fingerprint density at radius 2 is 1.42 bits per heavy atom. The Bertz CT molecular complexity index is 706. The largest absolute Gasteiger partial charge is 0.289 e. The topological polar surface area (TPSA) is 34.1 Å². The van der Waals surface area contributed by atoms with E-state index in [0.717, 1.165) is 11.1 Å². The first-order valence-corrected chi connectivity index (χ1v) is 6.13. The molecule has 0 atom stereocenters. The molecule has 0 saturated carbocycles. The lowest BCUT2D eigenvalue weighted by atomic mass is 9.86. The Morgan fingerprint density at radius 1 is 0.789 bits per heavy atom. The van der Waals surface area contributed by atoms with Crippen molar-refractivity contribution in [3.63, 3.8) is 0 Å². The van der Waals surface area contributed by atoms with Gasteiger partial charge in [0.2, 0.25) is 0 Å². The van der Waals surface area contributed by atoms with Gasteiger partial charge in [-0.1, -0.05) is 54.1 Å². The van der Waals surface area contributed by atoms with Gasteiger partial charge in [-0.2, -0.15) is 0 Å². The summed E-state index contributed by atoms with van der Waals surface area (Å²) in [6.45, 7) is 1.99. The van der Waals surface area contributed by atoms with E-state index in [0.29, 0.717) is 16.7 Å². The average molecular weight is 248 g/mol. The zero-order valence-corrected chi connectivity index (χ0v) is 10.5. The third kappa shape index (κ3) is 1.91. The van der Waals surface area contributed by atoms with Crippen LogP contribution in [0.4, 0.5) is 0 Å². The maximum absolute atomic E-state index is 12.4. The Labute approximate surface area is 111 Å². The molecule has 0 bridgehead atoms. The van der Waals surface area contributed by atoms with Crippen LogP contribution in [-0.4, -0.2) is 11.6 Å². The second-order valence-electron chi connectivity index (χ2n) is 4.66. The number of carbonyl (C=O) groups is 2. The highest BCUT2D eigenvalue weighted by Crippen LogP contribution is 2.27. The molecule has 0 radical (unpaired) electrons. The summed E-state index contributed by atoms with van der Waals surface area (Å²) in [7, 11) is 0. The fraction of sp³-hybridized carbons (Fsp3) is 0.0588. The molecule has 1 aliphatic carbocycles. The van der Waals surface area contributed by atoms with Crippen molar-refractivity contribution < 1.29 is 9.59 Å². The minimum Gasteiger partial charge on any atom is -0.289 e. The van der Waals surface area contributed by atoms with E-state index in [1.54, 1.807) is 24.3 Å². The van der Waals surface area contributed by atoms with Crippen LogP contribution < -0.4 is 0 Å². The molecule has 2 nitrogen and oxygen atoms in total. The zero-order chi connectivity index (χ0) is 13.4. The summed E-state index contributed by atoms with van der Waals surface area (Å²) in [6, 6.07) is 14.6. The van der Waals surface area contributed by atoms with Gasteiger partial charge in [-0.3, -0.25) is 9.59 Å². The van der Waals surface area contributed by atoms with E-state index in [2.05, 4.69) is 0 Å². The normalized spacial score (nSPS) is 14.1. The maximum Gasteiger partial charge on any atom is 0.194 e. The van der Waals surface area contributed by atoms with Gasteiger partial charge >= 0.3 is 0 Å². The molecule has 0 heterocycles. The molecule has 2 heteroatoms. The van der Waals surface area contributed by atoms with E-state index in [-0.39, 0.29) is 11.6 Å². The minimum atomic E-state index is -0.106. The van der Waals surface area contributed by atoms with Crippen molar-refractivity contribution in [2.75, 3.05) is 0 Å². The van der Waals surface area contributed by atoms with Gasteiger partial charge in [-0.05, 0) is 18.6 Å².